The van der Waals surface area contributed by atoms with Gasteiger partial charge in [0.05, 0.1) is 5.56 Å². The molecule has 3 nitrogen and oxygen atoms in total. The highest BCUT2D eigenvalue weighted by Gasteiger charge is 2.18. The van der Waals surface area contributed by atoms with Crippen molar-refractivity contribution in [1.82, 2.24) is 4.57 Å². The van der Waals surface area contributed by atoms with Crippen LogP contribution in [-0.4, -0.2) is 14.7 Å². The molecule has 0 saturated heterocycles. The first-order valence-corrected chi connectivity index (χ1v) is 9.61. The van der Waals surface area contributed by atoms with E-state index in [1.165, 1.54) is 4.88 Å². The molecule has 0 fully saturated rings. The number of nitrogens with zero attached hydrogens (tertiary/aromatic N) is 2. The lowest BCUT2D eigenvalue weighted by molar-refractivity contribution is 0.474. The Hall–Kier alpha value is -1.17. The van der Waals surface area contributed by atoms with Crippen LogP contribution in [0.3, 0.4) is 0 Å². The first-order valence-electron chi connectivity index (χ1n) is 8.00. The highest BCUT2D eigenvalue weighted by atomic mass is 35.5. The highest BCUT2D eigenvalue weighted by molar-refractivity contribution is 7.80. The monoisotopic (exact) mass is 382 g/mol. The maximum absolute atomic E-state index is 10.0. The summed E-state index contributed by atoms with van der Waals surface area (Å²) in [7, 11) is 0. The molecule has 0 bridgehead atoms. The first-order chi connectivity index (χ1) is 11.2. The lowest BCUT2D eigenvalue weighted by Crippen LogP contribution is -2.16. The van der Waals surface area contributed by atoms with Gasteiger partial charge in [-0.2, -0.15) is 0 Å². The number of unbranched alkanes of at least 4 members (excludes halogenated alkanes) is 1. The van der Waals surface area contributed by atoms with Crippen molar-refractivity contribution in [2.45, 2.75) is 52.5 Å². The van der Waals surface area contributed by atoms with Crippen LogP contribution in [0.1, 0.15) is 51.0 Å². The molecule has 1 aromatic heterocycles. The molecule has 0 atom stereocenters. The van der Waals surface area contributed by atoms with Crippen molar-refractivity contribution in [3.05, 3.63) is 44.7 Å². The molecule has 6 heteroatoms. The number of thiazole rings is 1. The van der Waals surface area contributed by atoms with Crippen molar-refractivity contribution in [2.75, 3.05) is 0 Å². The average molecular weight is 383 g/mol. The van der Waals surface area contributed by atoms with Crippen molar-refractivity contribution >= 4 is 40.1 Å². The zero-order valence-corrected chi connectivity index (χ0v) is 16.9. The molecule has 1 aromatic carbocycles. The highest BCUT2D eigenvalue weighted by Crippen LogP contribution is 2.25. The van der Waals surface area contributed by atoms with Gasteiger partial charge >= 0.3 is 0 Å². The van der Waals surface area contributed by atoms with Crippen LogP contribution in [0.15, 0.2) is 29.4 Å². The number of aromatic nitrogens is 1. The van der Waals surface area contributed by atoms with Crippen molar-refractivity contribution in [1.29, 1.82) is 0 Å². The second kappa shape index (κ2) is 7.81. The molecule has 0 saturated carbocycles. The van der Waals surface area contributed by atoms with Gasteiger partial charge in [-0.25, -0.2) is 4.99 Å². The first kappa shape index (κ1) is 19.2. The number of rotatable bonds is 4. The van der Waals surface area contributed by atoms with Crippen LogP contribution >= 0.6 is 35.2 Å². The molecule has 0 aliphatic rings. The largest absolute Gasteiger partial charge is 0.507 e. The van der Waals surface area contributed by atoms with E-state index in [1.807, 2.05) is 0 Å². The quantitative estimate of drug-likeness (QED) is 0.730. The van der Waals surface area contributed by atoms with E-state index < -0.39 is 0 Å². The SMILES string of the molecule is CCCCn1cc(C(C)(C)C)s/c1=N\C(=S)c1cc(Cl)ccc1O. The number of benzene rings is 1. The summed E-state index contributed by atoms with van der Waals surface area (Å²) in [5, 5.41) is 10.5. The number of hydrogen-bond acceptors (Lipinski definition) is 3. The molecule has 1 heterocycles. The Kier molecular flexibility index (Phi) is 6.23. The predicted molar refractivity (Wildman–Crippen MR) is 106 cm³/mol. The summed E-state index contributed by atoms with van der Waals surface area (Å²) in [5.41, 5.74) is 0.553. The van der Waals surface area contributed by atoms with Gasteiger partial charge in [0.2, 0.25) is 0 Å². The molecule has 2 rings (SSSR count). The second-order valence-corrected chi connectivity index (χ2v) is 8.59. The van der Waals surface area contributed by atoms with Gasteiger partial charge in [-0.3, -0.25) is 0 Å². The summed E-state index contributed by atoms with van der Waals surface area (Å²) in [6.45, 7) is 9.64. The Morgan fingerprint density at radius 1 is 1.38 bits per heavy atom. The fraction of sp³-hybridized carbons (Fsp3) is 0.444. The fourth-order valence-corrected chi connectivity index (χ4v) is 3.69. The standard InChI is InChI=1S/C18H23ClN2OS2/c1-5-6-9-21-11-15(18(2,3)4)24-17(21)20-16(23)13-10-12(19)7-8-14(13)22/h7-8,10-11,22H,5-6,9H2,1-4H3/b20-17-. The summed E-state index contributed by atoms with van der Waals surface area (Å²) in [5.74, 6) is 0.0980. The number of aryl methyl sites for hydroxylation is 1. The number of phenolic OH excluding ortho intramolecular Hbond substituents is 1. The zero-order chi connectivity index (χ0) is 17.9. The summed E-state index contributed by atoms with van der Waals surface area (Å²) in [6.07, 6.45) is 4.37. The summed E-state index contributed by atoms with van der Waals surface area (Å²) >= 11 is 13.1. The van der Waals surface area contributed by atoms with Crippen molar-refractivity contribution < 1.29 is 5.11 Å². The smallest absolute Gasteiger partial charge is 0.191 e. The van der Waals surface area contributed by atoms with Crippen molar-refractivity contribution in [3.8, 4) is 5.75 Å². The van der Waals surface area contributed by atoms with E-state index in [9.17, 15) is 5.11 Å². The third kappa shape index (κ3) is 4.68. The predicted octanol–water partition coefficient (Wildman–Crippen LogP) is 5.28. The molecular weight excluding hydrogens is 360 g/mol. The second-order valence-electron chi connectivity index (χ2n) is 6.75. The van der Waals surface area contributed by atoms with Crippen LogP contribution in [0, 0.1) is 0 Å². The number of aromatic hydroxyl groups is 1. The molecule has 0 aliphatic carbocycles. The van der Waals surface area contributed by atoms with E-state index in [4.69, 9.17) is 23.8 Å². The van der Waals surface area contributed by atoms with E-state index in [2.05, 4.69) is 43.5 Å². The van der Waals surface area contributed by atoms with Crippen molar-refractivity contribution in [2.24, 2.45) is 4.99 Å². The molecule has 2 aromatic rings. The van der Waals surface area contributed by atoms with Crippen LogP contribution in [-0.2, 0) is 12.0 Å². The minimum atomic E-state index is 0.0617. The van der Waals surface area contributed by atoms with Crippen LogP contribution in [0.25, 0.3) is 0 Å². The van der Waals surface area contributed by atoms with Gasteiger partial charge in [-0.1, -0.05) is 57.9 Å². The van der Waals surface area contributed by atoms with Crippen molar-refractivity contribution in [3.63, 3.8) is 0 Å². The van der Waals surface area contributed by atoms with Gasteiger partial charge in [-0.15, -0.1) is 11.3 Å². The lowest BCUT2D eigenvalue weighted by Gasteiger charge is -2.14. The van der Waals surface area contributed by atoms with Gasteiger partial charge in [0, 0.05) is 22.6 Å². The molecular formula is C18H23ClN2OS2. The van der Waals surface area contributed by atoms with Gasteiger partial charge in [0.25, 0.3) is 0 Å². The fourth-order valence-electron chi connectivity index (χ4n) is 2.13. The van der Waals surface area contributed by atoms with Crippen LogP contribution in [0.5, 0.6) is 5.75 Å². The molecule has 0 aliphatic heterocycles. The van der Waals surface area contributed by atoms with E-state index in [1.54, 1.807) is 29.5 Å². The summed E-state index contributed by atoms with van der Waals surface area (Å²) in [4.78, 5) is 7.08. The number of hydrogen-bond donors (Lipinski definition) is 1. The van der Waals surface area contributed by atoms with Crippen LogP contribution in [0.2, 0.25) is 5.02 Å². The molecule has 130 valence electrons. The van der Waals surface area contributed by atoms with Gasteiger partial charge in [0.1, 0.15) is 10.7 Å². The zero-order valence-electron chi connectivity index (χ0n) is 14.5. The molecule has 0 amide bonds. The lowest BCUT2D eigenvalue weighted by atomic mass is 9.95. The minimum absolute atomic E-state index is 0.0617. The summed E-state index contributed by atoms with van der Waals surface area (Å²) < 4.78 is 2.16. The third-order valence-electron chi connectivity index (χ3n) is 3.60. The normalized spacial score (nSPS) is 12.6. The van der Waals surface area contributed by atoms with E-state index >= 15 is 0 Å². The van der Waals surface area contributed by atoms with E-state index in [-0.39, 0.29) is 11.2 Å². The Morgan fingerprint density at radius 3 is 2.71 bits per heavy atom. The molecule has 0 spiro atoms. The maximum atomic E-state index is 10.0. The number of phenols is 1. The van der Waals surface area contributed by atoms with Crippen LogP contribution in [0.4, 0.5) is 0 Å². The van der Waals surface area contributed by atoms with Gasteiger partial charge < -0.3 is 9.67 Å². The van der Waals surface area contributed by atoms with E-state index in [0.717, 1.165) is 24.2 Å². The molecule has 0 unspecified atom stereocenters. The maximum Gasteiger partial charge on any atom is 0.191 e. The minimum Gasteiger partial charge on any atom is -0.507 e. The van der Waals surface area contributed by atoms with Gasteiger partial charge in [-0.05, 0) is 30.0 Å². The summed E-state index contributed by atoms with van der Waals surface area (Å²) in [6, 6.07) is 4.82. The Labute approximate surface area is 157 Å². The number of thiocarbonyl (C=S) groups is 1. The Morgan fingerprint density at radius 2 is 2.08 bits per heavy atom. The average Bonchev–Trinajstić information content (AvgIpc) is 2.90. The third-order valence-corrected chi connectivity index (χ3v) is 5.59. The Balaban J connectivity index is 2.48. The Bertz CT molecular complexity index is 800. The topological polar surface area (TPSA) is 37.5 Å². The molecule has 24 heavy (non-hydrogen) atoms. The van der Waals surface area contributed by atoms with Gasteiger partial charge in [0.15, 0.2) is 4.80 Å². The van der Waals surface area contributed by atoms with Crippen LogP contribution < -0.4 is 4.80 Å². The molecule has 1 N–H and O–H groups in total. The number of halogens is 1. The molecule has 0 radical (unpaired) electrons. The van der Waals surface area contributed by atoms with E-state index in [0.29, 0.717) is 15.6 Å².